The lowest BCUT2D eigenvalue weighted by atomic mass is 10.3. The summed E-state index contributed by atoms with van der Waals surface area (Å²) < 4.78 is 2.23. The third kappa shape index (κ3) is 2.78. The zero-order valence-electron chi connectivity index (χ0n) is 9.66. The third-order valence-corrected chi connectivity index (χ3v) is 2.82. The molecule has 1 aromatic heterocycles. The molecule has 0 spiro atoms. The lowest BCUT2D eigenvalue weighted by Crippen LogP contribution is -2.21. The Morgan fingerprint density at radius 1 is 1.40 bits per heavy atom. The molecule has 4 nitrogen and oxygen atoms in total. The molecule has 15 heavy (non-hydrogen) atoms. The van der Waals surface area contributed by atoms with Gasteiger partial charge in [-0.25, -0.2) is 0 Å². The Balaban J connectivity index is 1.87. The minimum atomic E-state index is 0.786. The molecule has 0 aromatic carbocycles. The van der Waals surface area contributed by atoms with E-state index >= 15 is 0 Å². The highest BCUT2D eigenvalue weighted by molar-refractivity contribution is 4.95. The smallest absolute Gasteiger partial charge is 0.134 e. The van der Waals surface area contributed by atoms with Crippen LogP contribution in [0.1, 0.15) is 37.8 Å². The van der Waals surface area contributed by atoms with Crippen molar-refractivity contribution in [1.29, 1.82) is 0 Å². The quantitative estimate of drug-likeness (QED) is 0.766. The minimum Gasteiger partial charge on any atom is -0.315 e. The summed E-state index contributed by atoms with van der Waals surface area (Å²) in [5, 5.41) is 11.9. The number of aromatic nitrogens is 3. The van der Waals surface area contributed by atoms with Crippen LogP contribution in [0.4, 0.5) is 0 Å². The topological polar surface area (TPSA) is 42.7 Å². The van der Waals surface area contributed by atoms with Crippen molar-refractivity contribution in [2.45, 2.75) is 52.1 Å². The minimum absolute atomic E-state index is 0.786. The molecular formula is C11H20N4. The monoisotopic (exact) mass is 208 g/mol. The second kappa shape index (κ2) is 4.75. The Labute approximate surface area is 91.1 Å². The average Bonchev–Trinajstić information content (AvgIpc) is 2.98. The predicted molar refractivity (Wildman–Crippen MR) is 59.8 cm³/mol. The van der Waals surface area contributed by atoms with Crippen molar-refractivity contribution in [3.8, 4) is 0 Å². The molecule has 0 radical (unpaired) electrons. The Bertz CT molecular complexity index is 314. The molecule has 4 heteroatoms. The normalized spacial score (nSPS) is 15.9. The van der Waals surface area contributed by atoms with E-state index < -0.39 is 0 Å². The SMILES string of the molecule is CCCn1c(C)nnc1CCNC1CC1. The maximum Gasteiger partial charge on any atom is 0.134 e. The van der Waals surface area contributed by atoms with Gasteiger partial charge in [0.2, 0.25) is 0 Å². The number of rotatable bonds is 6. The van der Waals surface area contributed by atoms with Crippen LogP contribution in [0.15, 0.2) is 0 Å². The summed E-state index contributed by atoms with van der Waals surface area (Å²) >= 11 is 0. The summed E-state index contributed by atoms with van der Waals surface area (Å²) in [6.07, 6.45) is 4.83. The first-order valence-electron chi connectivity index (χ1n) is 5.93. The summed E-state index contributed by atoms with van der Waals surface area (Å²) in [6.45, 7) is 6.29. The molecule has 1 N–H and O–H groups in total. The van der Waals surface area contributed by atoms with E-state index in [-0.39, 0.29) is 0 Å². The van der Waals surface area contributed by atoms with Gasteiger partial charge in [0.25, 0.3) is 0 Å². The maximum atomic E-state index is 4.22. The second-order valence-corrected chi connectivity index (χ2v) is 4.29. The fourth-order valence-corrected chi connectivity index (χ4v) is 1.80. The Kier molecular flexibility index (Phi) is 3.36. The molecule has 0 bridgehead atoms. The Morgan fingerprint density at radius 3 is 2.87 bits per heavy atom. The maximum absolute atomic E-state index is 4.22. The van der Waals surface area contributed by atoms with Gasteiger partial charge >= 0.3 is 0 Å². The summed E-state index contributed by atoms with van der Waals surface area (Å²) in [4.78, 5) is 0. The molecule has 0 atom stereocenters. The van der Waals surface area contributed by atoms with Gasteiger partial charge in [-0.1, -0.05) is 6.92 Å². The Hall–Kier alpha value is -0.900. The van der Waals surface area contributed by atoms with Gasteiger partial charge < -0.3 is 9.88 Å². The second-order valence-electron chi connectivity index (χ2n) is 4.29. The van der Waals surface area contributed by atoms with Crippen molar-refractivity contribution < 1.29 is 0 Å². The van der Waals surface area contributed by atoms with E-state index in [0.29, 0.717) is 0 Å². The molecule has 2 rings (SSSR count). The van der Waals surface area contributed by atoms with Crippen molar-refractivity contribution in [3.63, 3.8) is 0 Å². The van der Waals surface area contributed by atoms with E-state index in [4.69, 9.17) is 0 Å². The van der Waals surface area contributed by atoms with Crippen LogP contribution >= 0.6 is 0 Å². The molecule has 1 saturated carbocycles. The van der Waals surface area contributed by atoms with Crippen LogP contribution in [0, 0.1) is 6.92 Å². The number of nitrogens with zero attached hydrogens (tertiary/aromatic N) is 3. The standard InChI is InChI=1S/C11H20N4/c1-3-8-15-9(2)13-14-11(15)6-7-12-10-4-5-10/h10,12H,3-8H2,1-2H3. The van der Waals surface area contributed by atoms with E-state index in [2.05, 4.69) is 27.0 Å². The molecule has 1 aromatic rings. The number of nitrogens with one attached hydrogen (secondary N) is 1. The van der Waals surface area contributed by atoms with Crippen molar-refractivity contribution in [1.82, 2.24) is 20.1 Å². The van der Waals surface area contributed by atoms with Crippen LogP contribution in [-0.2, 0) is 13.0 Å². The van der Waals surface area contributed by atoms with Crippen LogP contribution < -0.4 is 5.32 Å². The highest BCUT2D eigenvalue weighted by Gasteiger charge is 2.20. The van der Waals surface area contributed by atoms with Gasteiger partial charge in [0.1, 0.15) is 11.6 Å². The first-order valence-corrected chi connectivity index (χ1v) is 5.93. The fourth-order valence-electron chi connectivity index (χ4n) is 1.80. The summed E-state index contributed by atoms with van der Waals surface area (Å²) in [5.41, 5.74) is 0. The molecule has 0 unspecified atom stereocenters. The van der Waals surface area contributed by atoms with E-state index in [1.165, 1.54) is 12.8 Å². The molecule has 0 aliphatic heterocycles. The van der Waals surface area contributed by atoms with Crippen molar-refractivity contribution in [2.24, 2.45) is 0 Å². The van der Waals surface area contributed by atoms with Crippen LogP contribution in [0.2, 0.25) is 0 Å². The van der Waals surface area contributed by atoms with Crippen molar-refractivity contribution >= 4 is 0 Å². The molecule has 0 saturated heterocycles. The van der Waals surface area contributed by atoms with Crippen molar-refractivity contribution in [2.75, 3.05) is 6.54 Å². The lowest BCUT2D eigenvalue weighted by molar-refractivity contribution is 0.596. The average molecular weight is 208 g/mol. The third-order valence-electron chi connectivity index (χ3n) is 2.82. The molecular weight excluding hydrogens is 188 g/mol. The first kappa shape index (κ1) is 10.6. The van der Waals surface area contributed by atoms with E-state index in [9.17, 15) is 0 Å². The van der Waals surface area contributed by atoms with Gasteiger partial charge in [0.15, 0.2) is 0 Å². The van der Waals surface area contributed by atoms with Crippen LogP contribution in [0.25, 0.3) is 0 Å². The predicted octanol–water partition coefficient (Wildman–Crippen LogP) is 1.29. The van der Waals surface area contributed by atoms with Gasteiger partial charge in [0.05, 0.1) is 0 Å². The van der Waals surface area contributed by atoms with Crippen molar-refractivity contribution in [3.05, 3.63) is 11.6 Å². The molecule has 1 heterocycles. The number of aryl methyl sites for hydroxylation is 1. The van der Waals surface area contributed by atoms with E-state index in [0.717, 1.165) is 43.6 Å². The van der Waals surface area contributed by atoms with Gasteiger partial charge in [-0.05, 0) is 26.2 Å². The zero-order valence-corrected chi connectivity index (χ0v) is 9.66. The summed E-state index contributed by atoms with van der Waals surface area (Å²) in [7, 11) is 0. The van der Waals surface area contributed by atoms with Crippen LogP contribution in [-0.4, -0.2) is 27.4 Å². The van der Waals surface area contributed by atoms with Gasteiger partial charge in [-0.3, -0.25) is 0 Å². The van der Waals surface area contributed by atoms with Gasteiger partial charge in [0, 0.05) is 25.6 Å². The van der Waals surface area contributed by atoms with Gasteiger partial charge in [-0.15, -0.1) is 10.2 Å². The van der Waals surface area contributed by atoms with E-state index in [1.54, 1.807) is 0 Å². The molecule has 1 fully saturated rings. The number of hydrogen-bond donors (Lipinski definition) is 1. The first-order chi connectivity index (χ1) is 7.31. The summed E-state index contributed by atoms with van der Waals surface area (Å²) in [6, 6.07) is 0.786. The van der Waals surface area contributed by atoms with Crippen LogP contribution in [0.3, 0.4) is 0 Å². The largest absolute Gasteiger partial charge is 0.315 e. The van der Waals surface area contributed by atoms with Crippen LogP contribution in [0.5, 0.6) is 0 Å². The molecule has 0 amide bonds. The summed E-state index contributed by atoms with van der Waals surface area (Å²) in [5.74, 6) is 2.17. The molecule has 1 aliphatic rings. The number of hydrogen-bond acceptors (Lipinski definition) is 3. The highest BCUT2D eigenvalue weighted by Crippen LogP contribution is 2.18. The van der Waals surface area contributed by atoms with E-state index in [1.807, 2.05) is 6.92 Å². The van der Waals surface area contributed by atoms with Gasteiger partial charge in [-0.2, -0.15) is 0 Å². The fraction of sp³-hybridized carbons (Fsp3) is 0.818. The highest BCUT2D eigenvalue weighted by atomic mass is 15.3. The Morgan fingerprint density at radius 2 is 2.20 bits per heavy atom. The molecule has 1 aliphatic carbocycles. The zero-order chi connectivity index (χ0) is 10.7. The molecule has 84 valence electrons. The lowest BCUT2D eigenvalue weighted by Gasteiger charge is -2.07.